The number of rotatable bonds is 4. The number of anilines is 1. The third-order valence-corrected chi connectivity index (χ3v) is 3.75. The Morgan fingerprint density at radius 1 is 1.15 bits per heavy atom. The van der Waals surface area contributed by atoms with E-state index >= 15 is 0 Å². The van der Waals surface area contributed by atoms with Gasteiger partial charge < -0.3 is 4.90 Å². The average molecular weight is 376 g/mol. The van der Waals surface area contributed by atoms with Gasteiger partial charge in [-0.3, -0.25) is 15.0 Å². The molecule has 27 heavy (non-hydrogen) atoms. The molecule has 0 unspecified atom stereocenters. The first-order valence-corrected chi connectivity index (χ1v) is 7.89. The molecule has 0 aliphatic carbocycles. The quantitative estimate of drug-likeness (QED) is 0.758. The summed E-state index contributed by atoms with van der Waals surface area (Å²) in [6, 6.07) is 6.72. The Hall–Kier alpha value is -3.36. The third kappa shape index (κ3) is 3.76. The molecule has 2 aromatic carbocycles. The highest BCUT2D eigenvalue weighted by atomic mass is 19.1. The van der Waals surface area contributed by atoms with Crippen LogP contribution in [-0.2, 0) is 11.2 Å². The predicted molar refractivity (Wildman–Crippen MR) is 94.7 cm³/mol. The molecule has 0 bridgehead atoms. The Kier molecular flexibility index (Phi) is 4.85. The van der Waals surface area contributed by atoms with Gasteiger partial charge in [0.2, 0.25) is 11.9 Å². The number of nitrogens with one attached hydrogen (secondary N) is 1. The molecule has 140 valence electrons. The fraction of sp³-hybridized carbons (Fsp3) is 0.167. The number of halogens is 3. The molecule has 0 radical (unpaired) electrons. The number of nitrogens with zero attached hydrogens (tertiary/aromatic N) is 3. The van der Waals surface area contributed by atoms with E-state index in [0.717, 1.165) is 22.9 Å². The van der Waals surface area contributed by atoms with E-state index in [0.29, 0.717) is 6.07 Å². The van der Waals surface area contributed by atoms with Gasteiger partial charge in [-0.1, -0.05) is 6.07 Å². The largest absolute Gasteiger partial charge is 0.347 e. The van der Waals surface area contributed by atoms with Crippen molar-refractivity contribution >= 4 is 22.8 Å². The minimum absolute atomic E-state index is 0.0665. The molecule has 0 fully saturated rings. The normalized spacial score (nSPS) is 10.9. The number of hydrogen-bond acceptors (Lipinski definition) is 4. The van der Waals surface area contributed by atoms with Crippen LogP contribution in [0.15, 0.2) is 41.2 Å². The second kappa shape index (κ2) is 7.10. The van der Waals surface area contributed by atoms with Gasteiger partial charge in [-0.15, -0.1) is 0 Å². The maximum atomic E-state index is 14.1. The number of fused-ring (bicyclic) bond motifs is 1. The summed E-state index contributed by atoms with van der Waals surface area (Å²) in [4.78, 5) is 30.7. The van der Waals surface area contributed by atoms with Crippen LogP contribution in [-0.4, -0.2) is 29.7 Å². The van der Waals surface area contributed by atoms with Crippen molar-refractivity contribution < 1.29 is 18.0 Å². The van der Waals surface area contributed by atoms with Crippen LogP contribution in [0.5, 0.6) is 0 Å². The molecule has 1 N–H and O–H groups in total. The Labute approximate surface area is 151 Å². The first-order chi connectivity index (χ1) is 12.8. The maximum Gasteiger partial charge on any atom is 0.284 e. The standard InChI is InChI=1S/C18H15F3N4O2/c1-24(2)18-22-14-5-3-4-13(21)16(14)17(27)25(18)23-15(26)8-10-6-11(19)9-12(20)7-10/h3-7,9H,8H2,1-2H3,(H,23,26). The zero-order chi connectivity index (χ0) is 19.7. The lowest BCUT2D eigenvalue weighted by Crippen LogP contribution is -2.38. The van der Waals surface area contributed by atoms with Crippen LogP contribution >= 0.6 is 0 Å². The van der Waals surface area contributed by atoms with Gasteiger partial charge in [0.1, 0.15) is 22.8 Å². The van der Waals surface area contributed by atoms with Crippen LogP contribution in [0.25, 0.3) is 10.9 Å². The summed E-state index contributed by atoms with van der Waals surface area (Å²) in [5, 5.41) is -0.278. The predicted octanol–water partition coefficient (Wildman–Crippen LogP) is 2.19. The molecule has 0 spiro atoms. The zero-order valence-electron chi connectivity index (χ0n) is 14.5. The highest BCUT2D eigenvalue weighted by molar-refractivity contribution is 5.87. The summed E-state index contributed by atoms with van der Waals surface area (Å²) in [6.07, 6.45) is -0.386. The van der Waals surface area contributed by atoms with E-state index in [9.17, 15) is 22.8 Å². The summed E-state index contributed by atoms with van der Waals surface area (Å²) >= 11 is 0. The smallest absolute Gasteiger partial charge is 0.284 e. The van der Waals surface area contributed by atoms with Crippen LogP contribution < -0.4 is 15.9 Å². The minimum Gasteiger partial charge on any atom is -0.347 e. The second-order valence-corrected chi connectivity index (χ2v) is 6.07. The molecule has 0 aliphatic heterocycles. The molecule has 3 rings (SSSR count). The van der Waals surface area contributed by atoms with E-state index in [-0.39, 0.29) is 28.8 Å². The van der Waals surface area contributed by atoms with Gasteiger partial charge in [0, 0.05) is 20.2 Å². The van der Waals surface area contributed by atoms with Crippen LogP contribution in [0.3, 0.4) is 0 Å². The van der Waals surface area contributed by atoms with E-state index in [2.05, 4.69) is 10.4 Å². The molecule has 1 amide bonds. The molecule has 1 aromatic heterocycles. The van der Waals surface area contributed by atoms with Gasteiger partial charge in [-0.25, -0.2) is 18.2 Å². The average Bonchev–Trinajstić information content (AvgIpc) is 2.55. The summed E-state index contributed by atoms with van der Waals surface area (Å²) < 4.78 is 41.4. The van der Waals surface area contributed by atoms with Crippen LogP contribution in [0.1, 0.15) is 5.56 Å². The first-order valence-electron chi connectivity index (χ1n) is 7.89. The van der Waals surface area contributed by atoms with Gasteiger partial charge in [0.25, 0.3) is 5.56 Å². The Morgan fingerprint density at radius 2 is 1.81 bits per heavy atom. The van der Waals surface area contributed by atoms with Crippen molar-refractivity contribution in [1.82, 2.24) is 9.66 Å². The lowest BCUT2D eigenvalue weighted by atomic mass is 10.1. The van der Waals surface area contributed by atoms with Crippen LogP contribution in [0.4, 0.5) is 19.1 Å². The molecule has 9 heteroatoms. The van der Waals surface area contributed by atoms with Crippen molar-refractivity contribution in [2.45, 2.75) is 6.42 Å². The number of benzene rings is 2. The minimum atomic E-state index is -0.821. The van der Waals surface area contributed by atoms with Gasteiger partial charge in [-0.05, 0) is 29.8 Å². The van der Waals surface area contributed by atoms with E-state index in [1.807, 2.05) is 0 Å². The van der Waals surface area contributed by atoms with Gasteiger partial charge in [0.15, 0.2) is 0 Å². The van der Waals surface area contributed by atoms with Crippen LogP contribution in [0.2, 0.25) is 0 Å². The fourth-order valence-electron chi connectivity index (χ4n) is 2.64. The van der Waals surface area contributed by atoms with Crippen molar-refractivity contribution in [3.05, 3.63) is 69.8 Å². The Morgan fingerprint density at radius 3 is 2.44 bits per heavy atom. The molecule has 6 nitrogen and oxygen atoms in total. The lowest BCUT2D eigenvalue weighted by molar-refractivity contribution is -0.116. The number of amides is 1. The van der Waals surface area contributed by atoms with E-state index in [4.69, 9.17) is 0 Å². The summed E-state index contributed by atoms with van der Waals surface area (Å²) in [5.41, 5.74) is 1.74. The summed E-state index contributed by atoms with van der Waals surface area (Å²) in [6.45, 7) is 0. The lowest BCUT2D eigenvalue weighted by Gasteiger charge is -2.19. The van der Waals surface area contributed by atoms with E-state index in [1.165, 1.54) is 17.0 Å². The van der Waals surface area contributed by atoms with Crippen molar-refractivity contribution in [2.24, 2.45) is 0 Å². The SMILES string of the molecule is CN(C)c1nc2cccc(F)c2c(=O)n1NC(=O)Cc1cc(F)cc(F)c1. The zero-order valence-corrected chi connectivity index (χ0v) is 14.5. The number of carbonyl (C=O) groups is 1. The summed E-state index contributed by atoms with van der Waals surface area (Å²) in [5.74, 6) is -3.07. The number of aromatic nitrogens is 2. The first kappa shape index (κ1) is 18.4. The molecule has 1 heterocycles. The third-order valence-electron chi connectivity index (χ3n) is 3.75. The topological polar surface area (TPSA) is 67.2 Å². The molecule has 3 aromatic rings. The molecule has 0 saturated heterocycles. The van der Waals surface area contributed by atoms with E-state index in [1.54, 1.807) is 14.1 Å². The Balaban J connectivity index is 2.01. The number of carbonyl (C=O) groups excluding carboxylic acids is 1. The van der Waals surface area contributed by atoms with Crippen LogP contribution in [0, 0.1) is 17.5 Å². The maximum absolute atomic E-state index is 14.1. The molecular formula is C18H15F3N4O2. The highest BCUT2D eigenvalue weighted by Crippen LogP contribution is 2.15. The molecular weight excluding hydrogens is 361 g/mol. The highest BCUT2D eigenvalue weighted by Gasteiger charge is 2.17. The van der Waals surface area contributed by atoms with Crippen molar-refractivity contribution in [1.29, 1.82) is 0 Å². The van der Waals surface area contributed by atoms with Gasteiger partial charge in [-0.2, -0.15) is 4.68 Å². The summed E-state index contributed by atoms with van der Waals surface area (Å²) in [7, 11) is 3.19. The molecule has 0 aliphatic rings. The fourth-order valence-corrected chi connectivity index (χ4v) is 2.64. The van der Waals surface area contributed by atoms with Gasteiger partial charge in [0.05, 0.1) is 11.9 Å². The van der Waals surface area contributed by atoms with Crippen molar-refractivity contribution in [3.8, 4) is 0 Å². The molecule has 0 atom stereocenters. The second-order valence-electron chi connectivity index (χ2n) is 6.07. The van der Waals surface area contributed by atoms with Gasteiger partial charge >= 0.3 is 0 Å². The Bertz CT molecular complexity index is 1080. The van der Waals surface area contributed by atoms with Crippen molar-refractivity contribution in [3.63, 3.8) is 0 Å². The molecule has 0 saturated carbocycles. The number of hydrogen-bond donors (Lipinski definition) is 1. The van der Waals surface area contributed by atoms with Crippen molar-refractivity contribution in [2.75, 3.05) is 24.4 Å². The monoisotopic (exact) mass is 376 g/mol. The van der Waals surface area contributed by atoms with E-state index < -0.39 is 28.9 Å².